The van der Waals surface area contributed by atoms with Crippen molar-refractivity contribution in [3.05, 3.63) is 59.8 Å². The van der Waals surface area contributed by atoms with E-state index in [2.05, 4.69) is 15.5 Å². The Bertz CT molecular complexity index is 821. The molecule has 2 aromatic carbocycles. The zero-order chi connectivity index (χ0) is 16.2. The molecule has 1 amide bonds. The van der Waals surface area contributed by atoms with Crippen LogP contribution in [0.3, 0.4) is 0 Å². The number of hydrogen-bond acceptors (Lipinski definition) is 3. The van der Waals surface area contributed by atoms with Crippen LogP contribution in [0.5, 0.6) is 0 Å². The van der Waals surface area contributed by atoms with Gasteiger partial charge in [0, 0.05) is 18.1 Å². The molecule has 0 aliphatic heterocycles. The third kappa shape index (κ3) is 3.24. The second-order valence-electron chi connectivity index (χ2n) is 5.65. The molecule has 1 unspecified atom stereocenters. The molecule has 0 bridgehead atoms. The van der Waals surface area contributed by atoms with Crippen molar-refractivity contribution in [3.63, 3.8) is 0 Å². The Morgan fingerprint density at radius 2 is 2.04 bits per heavy atom. The average molecular weight is 309 g/mol. The van der Waals surface area contributed by atoms with Crippen LogP contribution in [0, 0.1) is 0 Å². The molecule has 1 aromatic heterocycles. The number of aliphatic hydroxyl groups is 1. The minimum Gasteiger partial charge on any atom is -0.396 e. The van der Waals surface area contributed by atoms with Crippen LogP contribution in [0.4, 0.5) is 5.82 Å². The van der Waals surface area contributed by atoms with Gasteiger partial charge >= 0.3 is 0 Å². The summed E-state index contributed by atoms with van der Waals surface area (Å²) in [6.07, 6.45) is 1.92. The van der Waals surface area contributed by atoms with Crippen LogP contribution in [0.25, 0.3) is 10.8 Å². The maximum absolute atomic E-state index is 12.4. The molecule has 0 fully saturated rings. The maximum Gasteiger partial charge on any atom is 0.229 e. The highest BCUT2D eigenvalue weighted by atomic mass is 16.3. The molecule has 0 spiro atoms. The fourth-order valence-electron chi connectivity index (χ4n) is 2.67. The molecular weight excluding hydrogens is 290 g/mol. The van der Waals surface area contributed by atoms with E-state index in [4.69, 9.17) is 0 Å². The van der Waals surface area contributed by atoms with Gasteiger partial charge in [-0.15, -0.1) is 0 Å². The fourth-order valence-corrected chi connectivity index (χ4v) is 2.67. The monoisotopic (exact) mass is 309 g/mol. The molecule has 0 saturated heterocycles. The van der Waals surface area contributed by atoms with Gasteiger partial charge in [0.2, 0.25) is 5.91 Å². The Hall–Kier alpha value is -2.66. The summed E-state index contributed by atoms with van der Waals surface area (Å²) in [5.74, 6) is 0.357. The predicted molar refractivity (Wildman–Crippen MR) is 90.4 cm³/mol. The first-order valence-corrected chi connectivity index (χ1v) is 7.59. The normalized spacial score (nSPS) is 12.3. The van der Waals surface area contributed by atoms with Gasteiger partial charge < -0.3 is 10.4 Å². The molecule has 1 heterocycles. The Balaban J connectivity index is 1.78. The maximum atomic E-state index is 12.4. The lowest BCUT2D eigenvalue weighted by Gasteiger charge is -2.10. The first-order chi connectivity index (χ1) is 11.2. The number of amides is 1. The number of hydrogen-bond donors (Lipinski definition) is 3. The van der Waals surface area contributed by atoms with Gasteiger partial charge in [-0.05, 0) is 16.3 Å². The SMILES string of the molecule is CC(CO)c1cn[nH]c1NC(=O)Cc1cccc2ccccc12. The van der Waals surface area contributed by atoms with Crippen molar-refractivity contribution in [2.24, 2.45) is 0 Å². The molecule has 3 aromatic rings. The van der Waals surface area contributed by atoms with E-state index >= 15 is 0 Å². The van der Waals surface area contributed by atoms with Crippen LogP contribution in [0.1, 0.15) is 24.0 Å². The zero-order valence-corrected chi connectivity index (χ0v) is 12.9. The van der Waals surface area contributed by atoms with Gasteiger partial charge in [0.05, 0.1) is 12.6 Å². The van der Waals surface area contributed by atoms with Crippen LogP contribution in [0.2, 0.25) is 0 Å². The first kappa shape index (κ1) is 15.2. The summed E-state index contributed by atoms with van der Waals surface area (Å²) in [6, 6.07) is 14.0. The number of aromatic nitrogens is 2. The van der Waals surface area contributed by atoms with E-state index < -0.39 is 0 Å². The highest BCUT2D eigenvalue weighted by molar-refractivity contribution is 5.96. The summed E-state index contributed by atoms with van der Waals surface area (Å²) in [7, 11) is 0. The Labute approximate surface area is 134 Å². The van der Waals surface area contributed by atoms with Crippen LogP contribution in [0.15, 0.2) is 48.7 Å². The van der Waals surface area contributed by atoms with Crippen molar-refractivity contribution in [1.29, 1.82) is 0 Å². The minimum absolute atomic E-state index is 0.00568. The van der Waals surface area contributed by atoms with Gasteiger partial charge in [-0.25, -0.2) is 0 Å². The molecular formula is C18H19N3O2. The van der Waals surface area contributed by atoms with Gasteiger partial charge in [0.1, 0.15) is 5.82 Å². The van der Waals surface area contributed by atoms with E-state index in [1.807, 2.05) is 49.4 Å². The summed E-state index contributed by atoms with van der Waals surface area (Å²) in [6.45, 7) is 1.89. The van der Waals surface area contributed by atoms with Gasteiger partial charge in [0.25, 0.3) is 0 Å². The Morgan fingerprint density at radius 3 is 2.87 bits per heavy atom. The summed E-state index contributed by atoms with van der Waals surface area (Å²) in [5, 5.41) is 21.0. The third-order valence-corrected chi connectivity index (χ3v) is 3.97. The highest BCUT2D eigenvalue weighted by Gasteiger charge is 2.15. The predicted octanol–water partition coefficient (Wildman–Crippen LogP) is 2.84. The second-order valence-corrected chi connectivity index (χ2v) is 5.65. The number of rotatable bonds is 5. The molecule has 3 N–H and O–H groups in total. The number of carbonyl (C=O) groups is 1. The molecule has 5 heteroatoms. The number of fused-ring (bicyclic) bond motifs is 1. The standard InChI is InChI=1S/C18H19N3O2/c1-12(11-22)16-10-19-21-18(16)20-17(23)9-14-7-4-6-13-5-2-3-8-15(13)14/h2-8,10,12,22H,9,11H2,1H3,(H2,19,20,21,23). The average Bonchev–Trinajstić information content (AvgIpc) is 3.02. The molecule has 3 rings (SSSR count). The number of benzene rings is 2. The van der Waals surface area contributed by atoms with Gasteiger partial charge in [-0.2, -0.15) is 5.10 Å². The van der Waals surface area contributed by atoms with Crippen molar-refractivity contribution in [2.75, 3.05) is 11.9 Å². The largest absolute Gasteiger partial charge is 0.396 e. The third-order valence-electron chi connectivity index (χ3n) is 3.97. The second kappa shape index (κ2) is 6.62. The smallest absolute Gasteiger partial charge is 0.229 e. The minimum atomic E-state index is -0.114. The number of H-pyrrole nitrogens is 1. The first-order valence-electron chi connectivity index (χ1n) is 7.59. The molecule has 5 nitrogen and oxygen atoms in total. The van der Waals surface area contributed by atoms with Crippen molar-refractivity contribution in [2.45, 2.75) is 19.3 Å². The molecule has 0 saturated carbocycles. The highest BCUT2D eigenvalue weighted by Crippen LogP contribution is 2.22. The van der Waals surface area contributed by atoms with Gasteiger partial charge in [-0.3, -0.25) is 9.89 Å². The van der Waals surface area contributed by atoms with E-state index in [1.165, 1.54) is 0 Å². The molecule has 0 radical (unpaired) electrons. The quantitative estimate of drug-likeness (QED) is 0.678. The summed E-state index contributed by atoms with van der Waals surface area (Å²) in [5.41, 5.74) is 1.79. The van der Waals surface area contributed by atoms with Crippen LogP contribution < -0.4 is 5.32 Å². The number of aromatic amines is 1. The van der Waals surface area contributed by atoms with Crippen molar-refractivity contribution in [1.82, 2.24) is 10.2 Å². The lowest BCUT2D eigenvalue weighted by Crippen LogP contribution is -2.16. The number of carbonyl (C=O) groups excluding carboxylic acids is 1. The van der Waals surface area contributed by atoms with Crippen molar-refractivity contribution >= 4 is 22.5 Å². The molecule has 118 valence electrons. The molecule has 0 aliphatic rings. The van der Waals surface area contributed by atoms with Crippen molar-refractivity contribution < 1.29 is 9.90 Å². The fraction of sp³-hybridized carbons (Fsp3) is 0.222. The van der Waals surface area contributed by atoms with Crippen LogP contribution in [-0.2, 0) is 11.2 Å². The Morgan fingerprint density at radius 1 is 1.26 bits per heavy atom. The van der Waals surface area contributed by atoms with E-state index in [1.54, 1.807) is 6.20 Å². The topological polar surface area (TPSA) is 78.0 Å². The lowest BCUT2D eigenvalue weighted by molar-refractivity contribution is -0.115. The number of nitrogens with zero attached hydrogens (tertiary/aromatic N) is 1. The number of nitrogens with one attached hydrogen (secondary N) is 2. The Kier molecular flexibility index (Phi) is 4.39. The van der Waals surface area contributed by atoms with Gasteiger partial charge in [0.15, 0.2) is 0 Å². The summed E-state index contributed by atoms with van der Waals surface area (Å²) >= 11 is 0. The molecule has 1 atom stereocenters. The number of anilines is 1. The lowest BCUT2D eigenvalue weighted by atomic mass is 10.0. The van der Waals surface area contributed by atoms with E-state index in [0.717, 1.165) is 21.9 Å². The molecule has 0 aliphatic carbocycles. The van der Waals surface area contributed by atoms with E-state index in [9.17, 15) is 9.90 Å². The van der Waals surface area contributed by atoms with E-state index in [0.29, 0.717) is 5.82 Å². The zero-order valence-electron chi connectivity index (χ0n) is 12.9. The van der Waals surface area contributed by atoms with Gasteiger partial charge in [-0.1, -0.05) is 49.4 Å². The molecule has 23 heavy (non-hydrogen) atoms. The van der Waals surface area contributed by atoms with E-state index in [-0.39, 0.29) is 24.9 Å². The van der Waals surface area contributed by atoms with Crippen LogP contribution >= 0.6 is 0 Å². The van der Waals surface area contributed by atoms with Crippen LogP contribution in [-0.4, -0.2) is 27.8 Å². The van der Waals surface area contributed by atoms with Crippen molar-refractivity contribution in [3.8, 4) is 0 Å². The summed E-state index contributed by atoms with van der Waals surface area (Å²) < 4.78 is 0. The summed E-state index contributed by atoms with van der Waals surface area (Å²) in [4.78, 5) is 12.4. The number of aliphatic hydroxyl groups excluding tert-OH is 1.